The van der Waals surface area contributed by atoms with Crippen LogP contribution in [0.4, 0.5) is 0 Å². The Balaban J connectivity index is 2.45. The zero-order valence-electron chi connectivity index (χ0n) is 5.03. The van der Waals surface area contributed by atoms with Crippen LogP contribution in [0.5, 0.6) is 0 Å². The van der Waals surface area contributed by atoms with E-state index in [1.165, 1.54) is 12.8 Å². The van der Waals surface area contributed by atoms with E-state index in [0.29, 0.717) is 0 Å². The van der Waals surface area contributed by atoms with Gasteiger partial charge in [-0.15, -0.1) is 0 Å². The SMILES string of the molecule is CCCCNOC. The molecule has 0 rings (SSSR count). The molecule has 0 aliphatic carbocycles. The molecule has 0 spiro atoms. The average molecular weight is 103 g/mol. The largest absolute Gasteiger partial charge is 0.305 e. The maximum absolute atomic E-state index is 4.59. The van der Waals surface area contributed by atoms with E-state index in [1.54, 1.807) is 7.11 Å². The molecule has 0 fully saturated rings. The molecule has 0 saturated heterocycles. The number of nitrogens with one attached hydrogen (secondary N) is 1. The summed E-state index contributed by atoms with van der Waals surface area (Å²) in [5.41, 5.74) is 2.75. The van der Waals surface area contributed by atoms with E-state index < -0.39 is 0 Å². The van der Waals surface area contributed by atoms with Gasteiger partial charge < -0.3 is 4.84 Å². The minimum absolute atomic E-state index is 0.965. The summed E-state index contributed by atoms with van der Waals surface area (Å²) in [6, 6.07) is 0. The Morgan fingerprint density at radius 3 is 2.71 bits per heavy atom. The zero-order valence-corrected chi connectivity index (χ0v) is 5.03. The lowest BCUT2D eigenvalue weighted by Gasteiger charge is -1.95. The lowest BCUT2D eigenvalue weighted by Crippen LogP contribution is -2.12. The van der Waals surface area contributed by atoms with Crippen LogP contribution in [-0.4, -0.2) is 13.7 Å². The molecule has 0 amide bonds. The first kappa shape index (κ1) is 6.92. The Morgan fingerprint density at radius 2 is 2.29 bits per heavy atom. The maximum atomic E-state index is 4.59. The molecule has 0 aromatic rings. The summed E-state index contributed by atoms with van der Waals surface area (Å²) in [5, 5.41) is 0. The van der Waals surface area contributed by atoms with E-state index in [1.807, 2.05) is 0 Å². The van der Waals surface area contributed by atoms with Gasteiger partial charge in [0, 0.05) is 6.54 Å². The summed E-state index contributed by atoms with van der Waals surface area (Å²) in [6.45, 7) is 3.12. The number of rotatable bonds is 4. The first-order chi connectivity index (χ1) is 3.41. The van der Waals surface area contributed by atoms with Crippen molar-refractivity contribution in [1.29, 1.82) is 0 Å². The van der Waals surface area contributed by atoms with E-state index in [9.17, 15) is 0 Å². The molecule has 0 radical (unpaired) electrons. The van der Waals surface area contributed by atoms with Crippen molar-refractivity contribution in [2.24, 2.45) is 0 Å². The minimum atomic E-state index is 0.965. The molecule has 2 nitrogen and oxygen atoms in total. The van der Waals surface area contributed by atoms with Gasteiger partial charge in [-0.1, -0.05) is 13.3 Å². The predicted octanol–water partition coefficient (Wildman–Crippen LogP) is 0.938. The van der Waals surface area contributed by atoms with Crippen LogP contribution >= 0.6 is 0 Å². The van der Waals surface area contributed by atoms with Gasteiger partial charge >= 0.3 is 0 Å². The number of hydroxylamine groups is 1. The second-order valence-electron chi connectivity index (χ2n) is 1.45. The monoisotopic (exact) mass is 103 g/mol. The molecule has 1 N–H and O–H groups in total. The van der Waals surface area contributed by atoms with Gasteiger partial charge in [-0.3, -0.25) is 0 Å². The summed E-state index contributed by atoms with van der Waals surface area (Å²) in [6.07, 6.45) is 2.41. The summed E-state index contributed by atoms with van der Waals surface area (Å²) in [7, 11) is 1.63. The first-order valence-electron chi connectivity index (χ1n) is 2.67. The van der Waals surface area contributed by atoms with Crippen LogP contribution in [0.15, 0.2) is 0 Å². The first-order valence-corrected chi connectivity index (χ1v) is 2.67. The van der Waals surface area contributed by atoms with Crippen LogP contribution in [0.2, 0.25) is 0 Å². The smallest absolute Gasteiger partial charge is 0.0572 e. The summed E-state index contributed by atoms with van der Waals surface area (Å²) in [5.74, 6) is 0. The summed E-state index contributed by atoms with van der Waals surface area (Å²) < 4.78 is 0. The van der Waals surface area contributed by atoms with Gasteiger partial charge in [0.05, 0.1) is 7.11 Å². The highest BCUT2D eigenvalue weighted by Gasteiger charge is 1.77. The van der Waals surface area contributed by atoms with E-state index in [0.717, 1.165) is 6.54 Å². The van der Waals surface area contributed by atoms with Crippen molar-refractivity contribution >= 4 is 0 Å². The third kappa shape index (κ3) is 5.92. The standard InChI is InChI=1S/C5H13NO/c1-3-4-5-6-7-2/h6H,3-5H2,1-2H3. The van der Waals surface area contributed by atoms with Crippen molar-refractivity contribution in [2.75, 3.05) is 13.7 Å². The molecular weight excluding hydrogens is 90.1 g/mol. The molecule has 0 aliphatic heterocycles. The lowest BCUT2D eigenvalue weighted by molar-refractivity contribution is 0.0909. The molecule has 0 unspecified atom stereocenters. The van der Waals surface area contributed by atoms with Crippen LogP contribution in [0.25, 0.3) is 0 Å². The minimum Gasteiger partial charge on any atom is -0.305 e. The maximum Gasteiger partial charge on any atom is 0.0572 e. The lowest BCUT2D eigenvalue weighted by atomic mass is 10.3. The van der Waals surface area contributed by atoms with Gasteiger partial charge in [0.15, 0.2) is 0 Å². The Morgan fingerprint density at radius 1 is 1.57 bits per heavy atom. The molecule has 0 saturated carbocycles. The van der Waals surface area contributed by atoms with Gasteiger partial charge in [-0.25, -0.2) is 5.48 Å². The van der Waals surface area contributed by atoms with Crippen molar-refractivity contribution < 1.29 is 4.84 Å². The topological polar surface area (TPSA) is 21.3 Å². The highest BCUT2D eigenvalue weighted by Crippen LogP contribution is 1.80. The number of hydrogen-bond donors (Lipinski definition) is 1. The van der Waals surface area contributed by atoms with E-state index in [-0.39, 0.29) is 0 Å². The van der Waals surface area contributed by atoms with Crippen molar-refractivity contribution in [3.63, 3.8) is 0 Å². The van der Waals surface area contributed by atoms with E-state index in [4.69, 9.17) is 0 Å². The van der Waals surface area contributed by atoms with Crippen LogP contribution < -0.4 is 5.48 Å². The molecule has 0 heterocycles. The third-order valence-corrected chi connectivity index (χ3v) is 0.777. The fourth-order valence-electron chi connectivity index (χ4n) is 0.351. The fraction of sp³-hybridized carbons (Fsp3) is 1.00. The number of hydrogen-bond acceptors (Lipinski definition) is 2. The normalized spacial score (nSPS) is 9.43. The molecule has 0 bridgehead atoms. The van der Waals surface area contributed by atoms with Crippen LogP contribution in [0, 0.1) is 0 Å². The highest BCUT2D eigenvalue weighted by atomic mass is 16.6. The molecule has 0 atom stereocenters. The zero-order chi connectivity index (χ0) is 5.54. The van der Waals surface area contributed by atoms with Crippen molar-refractivity contribution in [2.45, 2.75) is 19.8 Å². The third-order valence-electron chi connectivity index (χ3n) is 0.777. The van der Waals surface area contributed by atoms with Gasteiger partial charge in [0.1, 0.15) is 0 Å². The molecule has 7 heavy (non-hydrogen) atoms. The molecule has 0 aromatic heterocycles. The quantitative estimate of drug-likeness (QED) is 0.422. The van der Waals surface area contributed by atoms with Gasteiger partial charge in [0.25, 0.3) is 0 Å². The Labute approximate surface area is 44.8 Å². The Bertz CT molecular complexity index is 27.3. The van der Waals surface area contributed by atoms with Crippen molar-refractivity contribution in [3.8, 4) is 0 Å². The molecule has 0 aliphatic rings. The van der Waals surface area contributed by atoms with E-state index >= 15 is 0 Å². The fourth-order valence-corrected chi connectivity index (χ4v) is 0.351. The van der Waals surface area contributed by atoms with Gasteiger partial charge in [0.2, 0.25) is 0 Å². The van der Waals surface area contributed by atoms with E-state index in [2.05, 4.69) is 17.2 Å². The summed E-state index contributed by atoms with van der Waals surface area (Å²) >= 11 is 0. The van der Waals surface area contributed by atoms with Gasteiger partial charge in [-0.2, -0.15) is 0 Å². The van der Waals surface area contributed by atoms with Crippen molar-refractivity contribution in [3.05, 3.63) is 0 Å². The highest BCUT2D eigenvalue weighted by molar-refractivity contribution is 4.31. The molecule has 2 heteroatoms. The predicted molar refractivity (Wildman–Crippen MR) is 29.9 cm³/mol. The Hall–Kier alpha value is -0.0800. The second-order valence-corrected chi connectivity index (χ2v) is 1.45. The number of unbranched alkanes of at least 4 members (excludes halogenated alkanes) is 1. The molecule has 0 aromatic carbocycles. The van der Waals surface area contributed by atoms with Crippen LogP contribution in [-0.2, 0) is 4.84 Å². The average Bonchev–Trinajstić information content (AvgIpc) is 1.69. The molecule has 44 valence electrons. The Kier molecular flexibility index (Phi) is 5.85. The van der Waals surface area contributed by atoms with Gasteiger partial charge in [-0.05, 0) is 6.42 Å². The molecular formula is C5H13NO. The second kappa shape index (κ2) is 5.92. The van der Waals surface area contributed by atoms with Crippen molar-refractivity contribution in [1.82, 2.24) is 5.48 Å². The summed E-state index contributed by atoms with van der Waals surface area (Å²) in [4.78, 5) is 4.59. The van der Waals surface area contributed by atoms with Crippen LogP contribution in [0.3, 0.4) is 0 Å². The van der Waals surface area contributed by atoms with Crippen LogP contribution in [0.1, 0.15) is 19.8 Å².